The van der Waals surface area contributed by atoms with Gasteiger partial charge in [0.15, 0.2) is 0 Å². The van der Waals surface area contributed by atoms with Crippen LogP contribution in [0.25, 0.3) is 0 Å². The molecule has 0 aromatic heterocycles. The molecule has 2 rings (SSSR count). The molecule has 96 valence electrons. The summed E-state index contributed by atoms with van der Waals surface area (Å²) in [5.74, 6) is 0. The van der Waals surface area contributed by atoms with Crippen LogP contribution in [0.1, 0.15) is 48.8 Å². The molecule has 0 aliphatic heterocycles. The van der Waals surface area contributed by atoms with Crippen LogP contribution in [-0.4, -0.2) is 0 Å². The maximum absolute atomic E-state index is 3.76. The summed E-state index contributed by atoms with van der Waals surface area (Å²) in [5, 5.41) is 0. The summed E-state index contributed by atoms with van der Waals surface area (Å²) >= 11 is 0. The normalized spacial score (nSPS) is 18.3. The molecule has 0 nitrogen and oxygen atoms in total. The second kappa shape index (κ2) is 5.56. The quantitative estimate of drug-likeness (QED) is 0.631. The van der Waals surface area contributed by atoms with E-state index in [2.05, 4.69) is 50.8 Å². The molecule has 1 aliphatic carbocycles. The van der Waals surface area contributed by atoms with Crippen molar-refractivity contribution in [2.75, 3.05) is 0 Å². The van der Waals surface area contributed by atoms with Crippen LogP contribution in [0.2, 0.25) is 0 Å². The van der Waals surface area contributed by atoms with Crippen LogP contribution < -0.4 is 0 Å². The van der Waals surface area contributed by atoms with E-state index in [9.17, 15) is 0 Å². The summed E-state index contributed by atoms with van der Waals surface area (Å²) in [6.07, 6.45) is 12.8. The molecule has 1 aromatic rings. The fourth-order valence-corrected chi connectivity index (χ4v) is 3.33. The molecule has 0 amide bonds. The van der Waals surface area contributed by atoms with Gasteiger partial charge in [0.05, 0.1) is 0 Å². The van der Waals surface area contributed by atoms with Crippen molar-refractivity contribution < 1.29 is 0 Å². The lowest BCUT2D eigenvalue weighted by molar-refractivity contribution is 0.446. The number of hydrogen-bond acceptors (Lipinski definition) is 0. The van der Waals surface area contributed by atoms with Crippen molar-refractivity contribution in [1.82, 2.24) is 0 Å². The molecule has 0 N–H and O–H groups in total. The van der Waals surface area contributed by atoms with E-state index >= 15 is 0 Å². The van der Waals surface area contributed by atoms with E-state index in [0.717, 1.165) is 6.42 Å². The Kier molecular flexibility index (Phi) is 4.06. The summed E-state index contributed by atoms with van der Waals surface area (Å²) in [6, 6.07) is 7.05. The van der Waals surface area contributed by atoms with Gasteiger partial charge in [-0.15, -0.1) is 0 Å². The van der Waals surface area contributed by atoms with Gasteiger partial charge in [-0.05, 0) is 44.1 Å². The summed E-state index contributed by atoms with van der Waals surface area (Å²) in [4.78, 5) is 0. The van der Waals surface area contributed by atoms with Crippen LogP contribution in [0, 0.1) is 13.8 Å². The molecule has 1 fully saturated rings. The van der Waals surface area contributed by atoms with Crippen molar-refractivity contribution >= 4 is 0 Å². The first-order valence-electron chi connectivity index (χ1n) is 7.03. The van der Waals surface area contributed by atoms with Crippen molar-refractivity contribution in [2.24, 2.45) is 0 Å². The Bertz CT molecular complexity index is 425. The summed E-state index contributed by atoms with van der Waals surface area (Å²) < 4.78 is 0. The Hall–Kier alpha value is -1.30. The van der Waals surface area contributed by atoms with E-state index in [1.54, 1.807) is 5.56 Å². The van der Waals surface area contributed by atoms with Gasteiger partial charge >= 0.3 is 0 Å². The number of benzene rings is 1. The SMILES string of the molecule is C=C/C=C\CC1(c2cc(C)cc(C)c2)CCCC1. The van der Waals surface area contributed by atoms with Gasteiger partial charge in [0.2, 0.25) is 0 Å². The van der Waals surface area contributed by atoms with E-state index in [-0.39, 0.29) is 0 Å². The molecule has 1 aliphatic rings. The highest BCUT2D eigenvalue weighted by Gasteiger charge is 2.34. The maximum atomic E-state index is 3.76. The van der Waals surface area contributed by atoms with Crippen LogP contribution in [0.15, 0.2) is 43.0 Å². The first-order chi connectivity index (χ1) is 8.66. The minimum atomic E-state index is 0.385. The zero-order valence-corrected chi connectivity index (χ0v) is 11.7. The van der Waals surface area contributed by atoms with Gasteiger partial charge in [-0.2, -0.15) is 0 Å². The van der Waals surface area contributed by atoms with Gasteiger partial charge in [-0.3, -0.25) is 0 Å². The number of allylic oxidation sites excluding steroid dienone is 3. The smallest absolute Gasteiger partial charge is 0.00122 e. The van der Waals surface area contributed by atoms with Gasteiger partial charge in [0.1, 0.15) is 0 Å². The zero-order valence-electron chi connectivity index (χ0n) is 11.7. The fraction of sp³-hybridized carbons (Fsp3) is 0.444. The van der Waals surface area contributed by atoms with Crippen molar-refractivity contribution in [2.45, 2.75) is 51.4 Å². The van der Waals surface area contributed by atoms with Gasteiger partial charge < -0.3 is 0 Å². The largest absolute Gasteiger partial charge is 0.0991 e. The third-order valence-corrected chi connectivity index (χ3v) is 4.18. The first-order valence-corrected chi connectivity index (χ1v) is 7.03. The van der Waals surface area contributed by atoms with Crippen LogP contribution in [-0.2, 0) is 5.41 Å². The fourth-order valence-electron chi connectivity index (χ4n) is 3.33. The van der Waals surface area contributed by atoms with Crippen molar-refractivity contribution in [1.29, 1.82) is 0 Å². The predicted molar refractivity (Wildman–Crippen MR) is 80.0 cm³/mol. The lowest BCUT2D eigenvalue weighted by Gasteiger charge is -2.29. The van der Waals surface area contributed by atoms with Crippen molar-refractivity contribution in [3.05, 3.63) is 59.7 Å². The van der Waals surface area contributed by atoms with Crippen LogP contribution in [0.4, 0.5) is 0 Å². The molecular weight excluding hydrogens is 216 g/mol. The Labute approximate surface area is 111 Å². The molecule has 18 heavy (non-hydrogen) atoms. The molecule has 0 heterocycles. The van der Waals surface area contributed by atoms with E-state index in [0.29, 0.717) is 5.41 Å². The summed E-state index contributed by atoms with van der Waals surface area (Å²) in [7, 11) is 0. The van der Waals surface area contributed by atoms with Gasteiger partial charge in [-0.1, -0.05) is 67.0 Å². The van der Waals surface area contributed by atoms with E-state index in [1.807, 2.05) is 6.08 Å². The zero-order chi connectivity index (χ0) is 13.0. The molecule has 0 heteroatoms. The Balaban J connectivity index is 2.33. The molecule has 1 aromatic carbocycles. The molecule has 0 radical (unpaired) electrons. The highest BCUT2D eigenvalue weighted by Crippen LogP contribution is 2.44. The molecule has 1 saturated carbocycles. The summed E-state index contributed by atoms with van der Waals surface area (Å²) in [5.41, 5.74) is 4.72. The Morgan fingerprint density at radius 2 is 1.72 bits per heavy atom. The van der Waals surface area contributed by atoms with Crippen molar-refractivity contribution in [3.63, 3.8) is 0 Å². The van der Waals surface area contributed by atoms with Crippen LogP contribution >= 0.6 is 0 Å². The third-order valence-electron chi connectivity index (χ3n) is 4.18. The number of hydrogen-bond donors (Lipinski definition) is 0. The molecule has 0 bridgehead atoms. The Morgan fingerprint density at radius 1 is 1.11 bits per heavy atom. The van der Waals surface area contributed by atoms with Gasteiger partial charge in [-0.25, -0.2) is 0 Å². The standard InChI is InChI=1S/C18H24/c1-4-5-6-9-18(10-7-8-11-18)17-13-15(2)12-16(3)14-17/h4-6,12-14H,1,7-11H2,2-3H3/b6-5-. The second-order valence-electron chi connectivity index (χ2n) is 5.73. The minimum Gasteiger partial charge on any atom is -0.0991 e. The number of aryl methyl sites for hydroxylation is 2. The van der Waals surface area contributed by atoms with Gasteiger partial charge in [0.25, 0.3) is 0 Å². The summed E-state index contributed by atoms with van der Waals surface area (Å²) in [6.45, 7) is 8.18. The topological polar surface area (TPSA) is 0 Å². The average molecular weight is 240 g/mol. The lowest BCUT2D eigenvalue weighted by Crippen LogP contribution is -2.21. The van der Waals surface area contributed by atoms with Crippen LogP contribution in [0.3, 0.4) is 0 Å². The van der Waals surface area contributed by atoms with E-state index < -0.39 is 0 Å². The maximum Gasteiger partial charge on any atom is -0.00122 e. The molecule has 0 unspecified atom stereocenters. The van der Waals surface area contributed by atoms with Crippen LogP contribution in [0.5, 0.6) is 0 Å². The minimum absolute atomic E-state index is 0.385. The van der Waals surface area contributed by atoms with Gasteiger partial charge in [0, 0.05) is 0 Å². The highest BCUT2D eigenvalue weighted by molar-refractivity contribution is 5.35. The molecule has 0 atom stereocenters. The molecule has 0 spiro atoms. The van der Waals surface area contributed by atoms with Crippen molar-refractivity contribution in [3.8, 4) is 0 Å². The second-order valence-corrected chi connectivity index (χ2v) is 5.73. The molecular formula is C18H24. The third kappa shape index (κ3) is 2.75. The first kappa shape index (κ1) is 13.1. The van der Waals surface area contributed by atoms with E-state index in [4.69, 9.17) is 0 Å². The predicted octanol–water partition coefficient (Wildman–Crippen LogP) is 5.25. The average Bonchev–Trinajstić information content (AvgIpc) is 2.78. The Morgan fingerprint density at radius 3 is 2.28 bits per heavy atom. The molecule has 0 saturated heterocycles. The van der Waals surface area contributed by atoms with E-state index in [1.165, 1.54) is 36.8 Å². The lowest BCUT2D eigenvalue weighted by atomic mass is 9.75. The monoisotopic (exact) mass is 240 g/mol. The number of rotatable bonds is 4. The highest BCUT2D eigenvalue weighted by atomic mass is 14.4.